The van der Waals surface area contributed by atoms with Crippen molar-refractivity contribution in [3.8, 4) is 5.75 Å². The predicted octanol–water partition coefficient (Wildman–Crippen LogP) is 6.07. The lowest BCUT2D eigenvalue weighted by Gasteiger charge is -2.16. The van der Waals surface area contributed by atoms with Gasteiger partial charge in [0.25, 0.3) is 0 Å². The van der Waals surface area contributed by atoms with Gasteiger partial charge in [0.05, 0.1) is 19.2 Å². The van der Waals surface area contributed by atoms with Gasteiger partial charge in [0.15, 0.2) is 17.2 Å². The zero-order chi connectivity index (χ0) is 28.7. The molecule has 212 valence electrons. The molecule has 0 radical (unpaired) electrons. The number of aromatic nitrogens is 4. The summed E-state index contributed by atoms with van der Waals surface area (Å²) in [5, 5.41) is 15.4. The minimum atomic E-state index is -1.25. The number of benzene rings is 1. The molecule has 0 bridgehead atoms. The van der Waals surface area contributed by atoms with E-state index in [1.807, 2.05) is 35.0 Å². The fraction of sp³-hybridized carbons (Fsp3) is 0.400. The molecule has 0 spiro atoms. The maximum absolute atomic E-state index is 14.6. The number of aryl methyl sites for hydroxylation is 2. The van der Waals surface area contributed by atoms with Crippen LogP contribution in [0.15, 0.2) is 54.7 Å². The molecule has 1 aromatic carbocycles. The highest BCUT2D eigenvalue weighted by Crippen LogP contribution is 2.31. The number of carboxylic acid groups (broad SMARTS) is 1. The first kappa shape index (κ1) is 29.4. The molecule has 40 heavy (non-hydrogen) atoms. The third-order valence-electron chi connectivity index (χ3n) is 6.79. The van der Waals surface area contributed by atoms with E-state index in [-0.39, 0.29) is 18.9 Å². The van der Waals surface area contributed by atoms with Gasteiger partial charge in [-0.05, 0) is 73.3 Å². The van der Waals surface area contributed by atoms with Gasteiger partial charge in [-0.1, -0.05) is 25.7 Å². The SMILES string of the molecule is COc1ccc(C(CC(=O)O)c2cc(CCCc3ccc4cccnc4n3)n(COCC[Si](C)(C)C)n2)cc1F. The van der Waals surface area contributed by atoms with E-state index in [9.17, 15) is 14.3 Å². The summed E-state index contributed by atoms with van der Waals surface area (Å²) < 4.78 is 27.4. The summed E-state index contributed by atoms with van der Waals surface area (Å²) in [6, 6.07) is 15.4. The van der Waals surface area contributed by atoms with Gasteiger partial charge in [-0.3, -0.25) is 4.79 Å². The highest BCUT2D eigenvalue weighted by molar-refractivity contribution is 6.76. The highest BCUT2D eigenvalue weighted by atomic mass is 28.3. The van der Waals surface area contributed by atoms with Crippen LogP contribution >= 0.6 is 0 Å². The van der Waals surface area contributed by atoms with Crippen LogP contribution in [0.2, 0.25) is 25.7 Å². The van der Waals surface area contributed by atoms with Crippen molar-refractivity contribution in [3.63, 3.8) is 0 Å². The zero-order valence-corrected chi connectivity index (χ0v) is 24.6. The molecule has 10 heteroatoms. The monoisotopic (exact) mass is 564 g/mol. The number of nitrogens with zero attached hydrogens (tertiary/aromatic N) is 4. The summed E-state index contributed by atoms with van der Waals surface area (Å²) in [6.45, 7) is 7.81. The summed E-state index contributed by atoms with van der Waals surface area (Å²) >= 11 is 0. The zero-order valence-electron chi connectivity index (χ0n) is 23.6. The number of carbonyl (C=O) groups is 1. The summed E-state index contributed by atoms with van der Waals surface area (Å²) in [6.07, 6.45) is 3.79. The number of methoxy groups -OCH3 is 1. The minimum Gasteiger partial charge on any atom is -0.494 e. The smallest absolute Gasteiger partial charge is 0.304 e. The Morgan fingerprint density at radius 1 is 1.12 bits per heavy atom. The summed E-state index contributed by atoms with van der Waals surface area (Å²) in [4.78, 5) is 20.8. The van der Waals surface area contributed by atoms with Gasteiger partial charge in [0.2, 0.25) is 0 Å². The molecule has 4 rings (SSSR count). The fourth-order valence-corrected chi connectivity index (χ4v) is 5.30. The average Bonchev–Trinajstić information content (AvgIpc) is 3.31. The number of aliphatic carboxylic acids is 1. The maximum Gasteiger partial charge on any atom is 0.304 e. The third-order valence-corrected chi connectivity index (χ3v) is 8.50. The quantitative estimate of drug-likeness (QED) is 0.147. The summed E-state index contributed by atoms with van der Waals surface area (Å²) in [5.41, 5.74) is 3.73. The van der Waals surface area contributed by atoms with E-state index < -0.39 is 25.8 Å². The van der Waals surface area contributed by atoms with Crippen molar-refractivity contribution in [2.24, 2.45) is 0 Å². The van der Waals surface area contributed by atoms with Gasteiger partial charge in [0.1, 0.15) is 6.73 Å². The molecular weight excluding hydrogens is 527 g/mol. The van der Waals surface area contributed by atoms with Crippen molar-refractivity contribution in [2.45, 2.75) is 64.0 Å². The molecule has 3 heterocycles. The van der Waals surface area contributed by atoms with Crippen molar-refractivity contribution in [2.75, 3.05) is 13.7 Å². The Labute approximate surface area is 235 Å². The molecular formula is C30H37FN4O4Si. The van der Waals surface area contributed by atoms with E-state index in [2.05, 4.69) is 29.6 Å². The fourth-order valence-electron chi connectivity index (χ4n) is 4.54. The molecule has 4 aromatic rings. The second-order valence-corrected chi connectivity index (χ2v) is 16.8. The van der Waals surface area contributed by atoms with Gasteiger partial charge >= 0.3 is 5.97 Å². The highest BCUT2D eigenvalue weighted by Gasteiger charge is 2.24. The Balaban J connectivity index is 1.56. The van der Waals surface area contributed by atoms with Gasteiger partial charge in [-0.2, -0.15) is 5.10 Å². The number of fused-ring (bicyclic) bond motifs is 1. The molecule has 0 aliphatic heterocycles. The Hall–Kier alpha value is -3.63. The first-order valence-corrected chi connectivity index (χ1v) is 17.2. The Morgan fingerprint density at radius 3 is 2.67 bits per heavy atom. The molecule has 8 nitrogen and oxygen atoms in total. The summed E-state index contributed by atoms with van der Waals surface area (Å²) in [7, 11) is 0.142. The van der Waals surface area contributed by atoms with Crippen LogP contribution in [0.1, 0.15) is 41.4 Å². The molecule has 0 aliphatic carbocycles. The van der Waals surface area contributed by atoms with Crippen molar-refractivity contribution >= 4 is 25.1 Å². The Bertz CT molecular complexity index is 1450. The van der Waals surface area contributed by atoms with Crippen LogP contribution in [-0.2, 0) is 29.1 Å². The van der Waals surface area contributed by atoms with Crippen LogP contribution in [0.5, 0.6) is 5.75 Å². The molecule has 0 saturated carbocycles. The molecule has 1 unspecified atom stereocenters. The molecule has 0 aliphatic rings. The van der Waals surface area contributed by atoms with Crippen LogP contribution in [0.4, 0.5) is 4.39 Å². The van der Waals surface area contributed by atoms with E-state index in [1.54, 1.807) is 12.3 Å². The number of hydrogen-bond donors (Lipinski definition) is 1. The Morgan fingerprint density at radius 2 is 1.95 bits per heavy atom. The number of carboxylic acids is 1. The van der Waals surface area contributed by atoms with Gasteiger partial charge in [-0.15, -0.1) is 0 Å². The van der Waals surface area contributed by atoms with Crippen LogP contribution in [-0.4, -0.2) is 52.6 Å². The Kier molecular flexibility index (Phi) is 9.65. The number of pyridine rings is 2. The van der Waals surface area contributed by atoms with Crippen LogP contribution < -0.4 is 4.74 Å². The second kappa shape index (κ2) is 13.1. The van der Waals surface area contributed by atoms with E-state index >= 15 is 0 Å². The minimum absolute atomic E-state index is 0.109. The molecule has 0 fully saturated rings. The number of halogens is 1. The van der Waals surface area contributed by atoms with Crippen molar-refractivity contribution < 1.29 is 23.8 Å². The van der Waals surface area contributed by atoms with Crippen molar-refractivity contribution in [1.82, 2.24) is 19.7 Å². The standard InChI is InChI=1S/C30H37FN4O4Si/c1-38-28-13-11-22(17-26(28)31)25(19-29(36)37)27-18-24(35(34-27)20-39-15-16-40(2,3)4)9-5-8-23-12-10-21-7-6-14-32-30(21)33-23/h6-7,10-14,17-18,25H,5,8-9,15-16,19-20H2,1-4H3,(H,36,37). The molecule has 1 N–H and O–H groups in total. The topological polar surface area (TPSA) is 99.4 Å². The molecule has 0 saturated heterocycles. The number of hydrogen-bond acceptors (Lipinski definition) is 6. The van der Waals surface area contributed by atoms with Gasteiger partial charge in [-0.25, -0.2) is 19.0 Å². The van der Waals surface area contributed by atoms with E-state index in [4.69, 9.17) is 14.6 Å². The van der Waals surface area contributed by atoms with Gasteiger partial charge < -0.3 is 14.6 Å². The van der Waals surface area contributed by atoms with E-state index in [0.29, 0.717) is 24.3 Å². The third kappa shape index (κ3) is 7.95. The largest absolute Gasteiger partial charge is 0.494 e. The molecule has 0 amide bonds. The first-order valence-electron chi connectivity index (χ1n) is 13.5. The van der Waals surface area contributed by atoms with Gasteiger partial charge in [0, 0.05) is 43.6 Å². The van der Waals surface area contributed by atoms with E-state index in [0.717, 1.165) is 41.3 Å². The van der Waals surface area contributed by atoms with Crippen LogP contribution in [0, 0.1) is 5.82 Å². The van der Waals surface area contributed by atoms with E-state index in [1.165, 1.54) is 19.2 Å². The molecule has 3 aromatic heterocycles. The summed E-state index contributed by atoms with van der Waals surface area (Å²) in [5.74, 6) is -2.03. The molecule has 1 atom stereocenters. The predicted molar refractivity (Wildman–Crippen MR) is 155 cm³/mol. The number of rotatable bonds is 14. The lowest BCUT2D eigenvalue weighted by Crippen LogP contribution is -2.22. The lowest BCUT2D eigenvalue weighted by molar-refractivity contribution is -0.137. The number of ether oxygens (including phenoxy) is 2. The first-order chi connectivity index (χ1) is 19.1. The second-order valence-electron chi connectivity index (χ2n) is 11.2. The van der Waals surface area contributed by atoms with Crippen LogP contribution in [0.25, 0.3) is 11.0 Å². The van der Waals surface area contributed by atoms with Crippen molar-refractivity contribution in [1.29, 1.82) is 0 Å². The van der Waals surface area contributed by atoms with Crippen molar-refractivity contribution in [3.05, 3.63) is 83.2 Å². The average molecular weight is 565 g/mol. The lowest BCUT2D eigenvalue weighted by atomic mass is 9.92. The maximum atomic E-state index is 14.6. The van der Waals surface area contributed by atoms with Crippen LogP contribution in [0.3, 0.4) is 0 Å². The normalized spacial score (nSPS) is 12.5.